The van der Waals surface area contributed by atoms with E-state index in [1.54, 1.807) is 6.07 Å². The van der Waals surface area contributed by atoms with E-state index < -0.39 is 10.3 Å². The highest BCUT2D eigenvalue weighted by Gasteiger charge is 2.48. The van der Waals surface area contributed by atoms with Crippen LogP contribution in [0.1, 0.15) is 41.0 Å². The minimum absolute atomic E-state index is 0.215. The van der Waals surface area contributed by atoms with Gasteiger partial charge in [-0.25, -0.2) is 0 Å². The fraction of sp³-hybridized carbons (Fsp3) is 0.261. The molecule has 0 amide bonds. The third-order valence-electron chi connectivity index (χ3n) is 5.88. The number of pyridine rings is 1. The number of rotatable bonds is 2. The van der Waals surface area contributed by atoms with Gasteiger partial charge in [-0.3, -0.25) is 4.79 Å². The van der Waals surface area contributed by atoms with E-state index in [0.29, 0.717) is 16.2 Å². The second-order valence-corrected chi connectivity index (χ2v) is 9.69. The number of benzene rings is 2. The number of nitrogens with one attached hydrogen (secondary N) is 1. The second kappa shape index (κ2) is 6.94. The summed E-state index contributed by atoms with van der Waals surface area (Å²) in [6.45, 7) is 0. The van der Waals surface area contributed by atoms with Gasteiger partial charge in [-0.2, -0.15) is 0 Å². The number of alkyl halides is 1. The van der Waals surface area contributed by atoms with Crippen molar-refractivity contribution in [3.63, 3.8) is 0 Å². The molecule has 2 atom stereocenters. The molecule has 1 aliphatic heterocycles. The Bertz CT molecular complexity index is 1160. The number of aromatic nitrogens is 1. The van der Waals surface area contributed by atoms with Crippen LogP contribution in [0.2, 0.25) is 0 Å². The van der Waals surface area contributed by atoms with Crippen LogP contribution in [0.3, 0.4) is 0 Å². The number of phenolic OH excluding ortho intramolecular Hbond substituents is 1. The lowest BCUT2D eigenvalue weighted by molar-refractivity contribution is 0.206. The van der Waals surface area contributed by atoms with Crippen LogP contribution < -0.4 is 5.56 Å². The summed E-state index contributed by atoms with van der Waals surface area (Å²) in [5, 5.41) is 22.6. The molecule has 148 valence electrons. The maximum atomic E-state index is 12.6. The average molecular weight is 426 g/mol. The Balaban J connectivity index is 1.69. The lowest BCUT2D eigenvalue weighted by Gasteiger charge is -2.26. The molecule has 6 heteroatoms. The molecule has 3 N–H and O–H groups in total. The van der Waals surface area contributed by atoms with Gasteiger partial charge in [0.25, 0.3) is 5.56 Å². The zero-order valence-electron chi connectivity index (χ0n) is 15.6. The number of halogens is 1. The minimum Gasteiger partial charge on any atom is -0.507 e. The number of H-pyrrole nitrogens is 1. The summed E-state index contributed by atoms with van der Waals surface area (Å²) < 4.78 is -1.69. The predicted octanol–water partition coefficient (Wildman–Crippen LogP) is 4.75. The molecule has 2 aromatic carbocycles. The SMILES string of the molecule is O=c1[nH]c2c(cc1-c1ccccc1)C(c1ccc3c(c1O)CCCC3)C(O)(Cl)S2. The van der Waals surface area contributed by atoms with Crippen LogP contribution >= 0.6 is 23.4 Å². The number of thioether (sulfide) groups is 1. The van der Waals surface area contributed by atoms with Gasteiger partial charge in [0.2, 0.25) is 4.39 Å². The lowest BCUT2D eigenvalue weighted by Crippen LogP contribution is -2.23. The average Bonchev–Trinajstić information content (AvgIpc) is 2.97. The van der Waals surface area contributed by atoms with Crippen LogP contribution in [0.5, 0.6) is 5.75 Å². The van der Waals surface area contributed by atoms with Gasteiger partial charge in [0.05, 0.1) is 10.9 Å². The number of fused-ring (bicyclic) bond motifs is 2. The number of aryl methyl sites for hydroxylation is 1. The Morgan fingerprint density at radius 3 is 2.62 bits per heavy atom. The van der Waals surface area contributed by atoms with Crippen molar-refractivity contribution in [3.8, 4) is 16.9 Å². The Morgan fingerprint density at radius 1 is 1.07 bits per heavy atom. The molecular weight excluding hydrogens is 406 g/mol. The largest absolute Gasteiger partial charge is 0.507 e. The third kappa shape index (κ3) is 3.08. The quantitative estimate of drug-likeness (QED) is 0.518. The smallest absolute Gasteiger partial charge is 0.256 e. The number of phenols is 1. The van der Waals surface area contributed by atoms with Gasteiger partial charge < -0.3 is 15.2 Å². The van der Waals surface area contributed by atoms with Crippen LogP contribution in [-0.4, -0.2) is 19.6 Å². The molecular formula is C23H20ClNO3S. The Morgan fingerprint density at radius 2 is 1.83 bits per heavy atom. The van der Waals surface area contributed by atoms with E-state index in [-0.39, 0.29) is 11.3 Å². The molecule has 2 aliphatic rings. The van der Waals surface area contributed by atoms with Crippen molar-refractivity contribution in [2.45, 2.75) is 41.0 Å². The monoisotopic (exact) mass is 425 g/mol. The molecule has 0 fully saturated rings. The second-order valence-electron chi connectivity index (χ2n) is 7.65. The van der Waals surface area contributed by atoms with Crippen LogP contribution in [-0.2, 0) is 12.8 Å². The molecule has 0 saturated heterocycles. The van der Waals surface area contributed by atoms with Gasteiger partial charge in [0.1, 0.15) is 5.75 Å². The molecule has 4 nitrogen and oxygen atoms in total. The Hall–Kier alpha value is -2.21. The van der Waals surface area contributed by atoms with Gasteiger partial charge in [-0.1, -0.05) is 65.8 Å². The summed E-state index contributed by atoms with van der Waals surface area (Å²) >= 11 is 7.54. The molecule has 2 unspecified atom stereocenters. The van der Waals surface area contributed by atoms with Crippen LogP contribution in [0, 0.1) is 0 Å². The van der Waals surface area contributed by atoms with E-state index in [1.165, 1.54) is 0 Å². The van der Waals surface area contributed by atoms with E-state index in [1.807, 2.05) is 42.5 Å². The normalized spacial score (nSPS) is 22.9. The zero-order chi connectivity index (χ0) is 20.2. The highest BCUT2D eigenvalue weighted by molar-refractivity contribution is 8.02. The number of hydrogen-bond acceptors (Lipinski definition) is 4. The zero-order valence-corrected chi connectivity index (χ0v) is 17.2. The summed E-state index contributed by atoms with van der Waals surface area (Å²) in [4.78, 5) is 15.5. The van der Waals surface area contributed by atoms with Crippen molar-refractivity contribution in [2.75, 3.05) is 0 Å². The number of aromatic hydroxyl groups is 1. The fourth-order valence-corrected chi connectivity index (χ4v) is 6.04. The molecule has 5 rings (SSSR count). The van der Waals surface area contributed by atoms with Crippen molar-refractivity contribution < 1.29 is 10.2 Å². The first-order valence-electron chi connectivity index (χ1n) is 9.72. The first-order chi connectivity index (χ1) is 14.0. The molecule has 2 heterocycles. The predicted molar refractivity (Wildman–Crippen MR) is 116 cm³/mol. The Labute approximate surface area is 177 Å². The molecule has 29 heavy (non-hydrogen) atoms. The van der Waals surface area contributed by atoms with E-state index in [2.05, 4.69) is 4.98 Å². The van der Waals surface area contributed by atoms with Crippen molar-refractivity contribution in [3.05, 3.63) is 81.1 Å². The Kier molecular flexibility index (Phi) is 4.50. The number of aromatic amines is 1. The molecule has 0 bridgehead atoms. The standard InChI is InChI=1S/C23H20ClNO3S/c24-23(28)19(16-11-10-14-8-4-5-9-15(14)20(16)26)18-12-17(13-6-2-1-3-7-13)21(27)25-22(18)29-23/h1-3,6-7,10-12,19,26,28H,4-5,8-9H2,(H,25,27). The van der Waals surface area contributed by atoms with Crippen LogP contribution in [0.25, 0.3) is 11.1 Å². The molecule has 0 radical (unpaired) electrons. The van der Waals surface area contributed by atoms with Gasteiger partial charge in [-0.15, -0.1) is 0 Å². The summed E-state index contributed by atoms with van der Waals surface area (Å²) in [6, 6.07) is 15.1. The van der Waals surface area contributed by atoms with Gasteiger partial charge in [0.15, 0.2) is 0 Å². The maximum absolute atomic E-state index is 12.6. The highest BCUT2D eigenvalue weighted by atomic mass is 35.5. The highest BCUT2D eigenvalue weighted by Crippen LogP contribution is 2.58. The van der Waals surface area contributed by atoms with E-state index in [4.69, 9.17) is 11.6 Å². The topological polar surface area (TPSA) is 73.3 Å². The summed E-state index contributed by atoms with van der Waals surface area (Å²) in [7, 11) is 0. The van der Waals surface area contributed by atoms with Crippen molar-refractivity contribution in [1.82, 2.24) is 4.98 Å². The molecule has 3 aromatic rings. The lowest BCUT2D eigenvalue weighted by atomic mass is 9.84. The third-order valence-corrected chi connectivity index (χ3v) is 7.39. The van der Waals surface area contributed by atoms with E-state index in [0.717, 1.165) is 59.7 Å². The van der Waals surface area contributed by atoms with Crippen molar-refractivity contribution >= 4 is 23.4 Å². The van der Waals surface area contributed by atoms with E-state index in [9.17, 15) is 15.0 Å². The van der Waals surface area contributed by atoms with Gasteiger partial charge in [-0.05, 0) is 54.0 Å². The van der Waals surface area contributed by atoms with Crippen molar-refractivity contribution in [2.24, 2.45) is 0 Å². The van der Waals surface area contributed by atoms with Gasteiger partial charge >= 0.3 is 0 Å². The van der Waals surface area contributed by atoms with Crippen LogP contribution in [0.15, 0.2) is 58.4 Å². The maximum Gasteiger partial charge on any atom is 0.256 e. The van der Waals surface area contributed by atoms with E-state index >= 15 is 0 Å². The summed E-state index contributed by atoms with van der Waals surface area (Å²) in [5.74, 6) is -0.442. The minimum atomic E-state index is -1.69. The molecule has 1 aliphatic carbocycles. The number of hydrogen-bond donors (Lipinski definition) is 3. The summed E-state index contributed by atoms with van der Waals surface area (Å²) in [5.41, 5.74) is 4.50. The molecule has 0 saturated carbocycles. The molecule has 1 aromatic heterocycles. The van der Waals surface area contributed by atoms with Gasteiger partial charge in [0, 0.05) is 11.1 Å². The molecule has 0 spiro atoms. The number of aliphatic hydroxyl groups is 1. The fourth-order valence-electron chi connectivity index (χ4n) is 4.47. The van der Waals surface area contributed by atoms with Crippen LogP contribution in [0.4, 0.5) is 0 Å². The first kappa shape index (κ1) is 18.8. The van der Waals surface area contributed by atoms with Crippen molar-refractivity contribution in [1.29, 1.82) is 0 Å². The summed E-state index contributed by atoms with van der Waals surface area (Å²) in [6.07, 6.45) is 3.94. The first-order valence-corrected chi connectivity index (χ1v) is 10.9.